The Kier molecular flexibility index (Phi) is 5.14. The standard InChI is InChI=1S/C14H17ClFN3O2/c1-2-18-13(20)12-8-17-5-6-19(12)14(21)10-4-3-9(16)7-11(10)15/h3-4,7,12,17H,2,5-6,8H2,1H3,(H,18,20). The number of piperazine rings is 1. The van der Waals surface area contributed by atoms with E-state index in [1.54, 1.807) is 0 Å². The van der Waals surface area contributed by atoms with E-state index in [-0.39, 0.29) is 22.4 Å². The van der Waals surface area contributed by atoms with Crippen LogP contribution < -0.4 is 10.6 Å². The summed E-state index contributed by atoms with van der Waals surface area (Å²) >= 11 is 5.93. The molecule has 1 aromatic carbocycles. The third-order valence-electron chi connectivity index (χ3n) is 3.32. The molecule has 1 aliphatic rings. The Hall–Kier alpha value is -1.66. The summed E-state index contributed by atoms with van der Waals surface area (Å²) in [6, 6.07) is 3.03. The molecule has 1 aliphatic heterocycles. The Labute approximate surface area is 127 Å². The second-order valence-electron chi connectivity index (χ2n) is 4.74. The zero-order chi connectivity index (χ0) is 15.4. The molecule has 0 aliphatic carbocycles. The van der Waals surface area contributed by atoms with Gasteiger partial charge in [0, 0.05) is 26.2 Å². The average molecular weight is 314 g/mol. The third-order valence-corrected chi connectivity index (χ3v) is 3.63. The molecule has 0 radical (unpaired) electrons. The number of nitrogens with zero attached hydrogens (tertiary/aromatic N) is 1. The molecule has 7 heteroatoms. The van der Waals surface area contributed by atoms with Gasteiger partial charge in [0.2, 0.25) is 5.91 Å². The Morgan fingerprint density at radius 1 is 1.52 bits per heavy atom. The Morgan fingerprint density at radius 3 is 2.95 bits per heavy atom. The summed E-state index contributed by atoms with van der Waals surface area (Å²) in [7, 11) is 0. The topological polar surface area (TPSA) is 61.4 Å². The van der Waals surface area contributed by atoms with Crippen molar-refractivity contribution in [2.45, 2.75) is 13.0 Å². The van der Waals surface area contributed by atoms with Crippen LogP contribution in [0.25, 0.3) is 0 Å². The van der Waals surface area contributed by atoms with Gasteiger partial charge in [-0.25, -0.2) is 4.39 Å². The smallest absolute Gasteiger partial charge is 0.256 e. The molecule has 2 amide bonds. The first-order valence-electron chi connectivity index (χ1n) is 6.79. The lowest BCUT2D eigenvalue weighted by Crippen LogP contribution is -2.59. The first-order valence-corrected chi connectivity index (χ1v) is 7.16. The van der Waals surface area contributed by atoms with E-state index >= 15 is 0 Å². The molecule has 1 atom stereocenters. The Bertz CT molecular complexity index is 553. The fraction of sp³-hybridized carbons (Fsp3) is 0.429. The number of nitrogens with one attached hydrogen (secondary N) is 2. The monoisotopic (exact) mass is 313 g/mol. The van der Waals surface area contributed by atoms with Crippen molar-refractivity contribution in [3.05, 3.63) is 34.6 Å². The zero-order valence-corrected chi connectivity index (χ0v) is 12.4. The van der Waals surface area contributed by atoms with E-state index in [0.29, 0.717) is 26.2 Å². The number of carbonyl (C=O) groups is 2. The lowest BCUT2D eigenvalue weighted by atomic mass is 10.1. The maximum absolute atomic E-state index is 13.1. The number of amides is 2. The van der Waals surface area contributed by atoms with Crippen LogP contribution in [0.4, 0.5) is 4.39 Å². The highest BCUT2D eigenvalue weighted by Gasteiger charge is 2.33. The number of likely N-dealkylation sites (N-methyl/N-ethyl adjacent to an activating group) is 1. The van der Waals surface area contributed by atoms with E-state index in [1.165, 1.54) is 17.0 Å². The van der Waals surface area contributed by atoms with Crippen molar-refractivity contribution in [2.75, 3.05) is 26.2 Å². The van der Waals surface area contributed by atoms with Crippen LogP contribution in [0.2, 0.25) is 5.02 Å². The predicted octanol–water partition coefficient (Wildman–Crippen LogP) is 1.03. The summed E-state index contributed by atoms with van der Waals surface area (Å²) in [5, 5.41) is 5.85. The van der Waals surface area contributed by atoms with Crippen molar-refractivity contribution >= 4 is 23.4 Å². The van der Waals surface area contributed by atoms with Crippen LogP contribution in [0.15, 0.2) is 18.2 Å². The van der Waals surface area contributed by atoms with Gasteiger partial charge in [-0.15, -0.1) is 0 Å². The Morgan fingerprint density at radius 2 is 2.29 bits per heavy atom. The van der Waals surface area contributed by atoms with Crippen LogP contribution in [0.5, 0.6) is 0 Å². The molecule has 1 heterocycles. The molecule has 0 bridgehead atoms. The largest absolute Gasteiger partial charge is 0.355 e. The minimum atomic E-state index is -0.590. The SMILES string of the molecule is CCNC(=O)C1CNCCN1C(=O)c1ccc(F)cc1Cl. The van der Waals surface area contributed by atoms with E-state index in [4.69, 9.17) is 11.6 Å². The molecule has 114 valence electrons. The van der Waals surface area contributed by atoms with Crippen molar-refractivity contribution in [2.24, 2.45) is 0 Å². The number of rotatable bonds is 3. The summed E-state index contributed by atoms with van der Waals surface area (Å²) in [4.78, 5) is 26.1. The van der Waals surface area contributed by atoms with Gasteiger partial charge in [-0.05, 0) is 25.1 Å². The van der Waals surface area contributed by atoms with Gasteiger partial charge in [-0.3, -0.25) is 9.59 Å². The number of hydrogen-bond acceptors (Lipinski definition) is 3. The van der Waals surface area contributed by atoms with E-state index in [9.17, 15) is 14.0 Å². The lowest BCUT2D eigenvalue weighted by molar-refractivity contribution is -0.126. The van der Waals surface area contributed by atoms with Crippen molar-refractivity contribution in [3.63, 3.8) is 0 Å². The average Bonchev–Trinajstić information content (AvgIpc) is 2.47. The molecule has 0 spiro atoms. The summed E-state index contributed by atoms with van der Waals surface area (Å²) < 4.78 is 13.1. The van der Waals surface area contributed by atoms with E-state index in [0.717, 1.165) is 6.07 Å². The molecular weight excluding hydrogens is 297 g/mol. The van der Waals surface area contributed by atoms with Crippen LogP contribution in [0.1, 0.15) is 17.3 Å². The van der Waals surface area contributed by atoms with Crippen LogP contribution >= 0.6 is 11.6 Å². The van der Waals surface area contributed by atoms with Crippen LogP contribution in [0.3, 0.4) is 0 Å². The van der Waals surface area contributed by atoms with Gasteiger partial charge < -0.3 is 15.5 Å². The lowest BCUT2D eigenvalue weighted by Gasteiger charge is -2.35. The summed E-state index contributed by atoms with van der Waals surface area (Å²) in [5.41, 5.74) is 0.203. The molecule has 2 rings (SSSR count). The molecule has 0 saturated carbocycles. The van der Waals surface area contributed by atoms with Gasteiger partial charge in [-0.2, -0.15) is 0 Å². The fourth-order valence-electron chi connectivity index (χ4n) is 2.29. The maximum Gasteiger partial charge on any atom is 0.256 e. The highest BCUT2D eigenvalue weighted by atomic mass is 35.5. The van der Waals surface area contributed by atoms with Crippen molar-refractivity contribution < 1.29 is 14.0 Å². The first-order chi connectivity index (χ1) is 10.0. The number of carbonyl (C=O) groups excluding carboxylic acids is 2. The van der Waals surface area contributed by atoms with Gasteiger partial charge >= 0.3 is 0 Å². The van der Waals surface area contributed by atoms with E-state index in [2.05, 4.69) is 10.6 Å². The highest BCUT2D eigenvalue weighted by molar-refractivity contribution is 6.33. The molecule has 5 nitrogen and oxygen atoms in total. The quantitative estimate of drug-likeness (QED) is 0.876. The first kappa shape index (κ1) is 15.7. The molecule has 1 saturated heterocycles. The Balaban J connectivity index is 2.24. The van der Waals surface area contributed by atoms with Crippen molar-refractivity contribution in [1.82, 2.24) is 15.5 Å². The molecule has 21 heavy (non-hydrogen) atoms. The van der Waals surface area contributed by atoms with Gasteiger partial charge in [-0.1, -0.05) is 11.6 Å². The minimum Gasteiger partial charge on any atom is -0.355 e. The van der Waals surface area contributed by atoms with Gasteiger partial charge in [0.25, 0.3) is 5.91 Å². The second-order valence-corrected chi connectivity index (χ2v) is 5.14. The van der Waals surface area contributed by atoms with Gasteiger partial charge in [0.15, 0.2) is 0 Å². The molecule has 2 N–H and O–H groups in total. The molecule has 0 aromatic heterocycles. The highest BCUT2D eigenvalue weighted by Crippen LogP contribution is 2.20. The van der Waals surface area contributed by atoms with Crippen molar-refractivity contribution in [3.8, 4) is 0 Å². The second kappa shape index (κ2) is 6.87. The van der Waals surface area contributed by atoms with Gasteiger partial charge in [0.1, 0.15) is 11.9 Å². The molecular formula is C14H17ClFN3O2. The predicted molar refractivity (Wildman–Crippen MR) is 77.8 cm³/mol. The van der Waals surface area contributed by atoms with Crippen molar-refractivity contribution in [1.29, 1.82) is 0 Å². The van der Waals surface area contributed by atoms with E-state index < -0.39 is 11.9 Å². The zero-order valence-electron chi connectivity index (χ0n) is 11.7. The van der Waals surface area contributed by atoms with Crippen LogP contribution in [-0.2, 0) is 4.79 Å². The number of benzene rings is 1. The molecule has 1 unspecified atom stereocenters. The number of hydrogen-bond donors (Lipinski definition) is 2. The maximum atomic E-state index is 13.1. The third kappa shape index (κ3) is 3.51. The fourth-order valence-corrected chi connectivity index (χ4v) is 2.54. The normalized spacial score (nSPS) is 18.4. The van der Waals surface area contributed by atoms with Crippen LogP contribution in [-0.4, -0.2) is 48.9 Å². The van der Waals surface area contributed by atoms with Crippen LogP contribution in [0, 0.1) is 5.82 Å². The summed E-state index contributed by atoms with van der Waals surface area (Å²) in [6.07, 6.45) is 0. The van der Waals surface area contributed by atoms with Gasteiger partial charge in [0.05, 0.1) is 10.6 Å². The summed E-state index contributed by atoms with van der Waals surface area (Å²) in [5.74, 6) is -1.08. The summed E-state index contributed by atoms with van der Waals surface area (Å²) in [6.45, 7) is 3.69. The molecule has 1 fully saturated rings. The number of halogens is 2. The molecule has 1 aromatic rings. The minimum absolute atomic E-state index is 0.0492. The van der Waals surface area contributed by atoms with E-state index in [1.807, 2.05) is 6.92 Å².